The highest BCUT2D eigenvalue weighted by Crippen LogP contribution is 2.42. The summed E-state index contributed by atoms with van der Waals surface area (Å²) in [6.07, 6.45) is 0. The van der Waals surface area contributed by atoms with Crippen LogP contribution >= 0.6 is 0 Å². The number of anilines is 1. The second-order valence-electron chi connectivity index (χ2n) is 11.0. The maximum atomic E-state index is 13.4. The quantitative estimate of drug-likeness (QED) is 0.192. The largest absolute Gasteiger partial charge is 0.507 e. The van der Waals surface area contributed by atoms with Crippen LogP contribution in [0.3, 0.4) is 0 Å². The third-order valence-electron chi connectivity index (χ3n) is 6.91. The van der Waals surface area contributed by atoms with Gasteiger partial charge >= 0.3 is 0 Å². The fourth-order valence-electron chi connectivity index (χ4n) is 4.62. The molecule has 1 saturated heterocycles. The van der Waals surface area contributed by atoms with E-state index in [9.17, 15) is 14.7 Å². The first-order valence-electron chi connectivity index (χ1n) is 13.3. The molecule has 5 nitrogen and oxygen atoms in total. The van der Waals surface area contributed by atoms with E-state index in [1.807, 2.05) is 48.5 Å². The highest BCUT2D eigenvalue weighted by atomic mass is 16.5. The van der Waals surface area contributed by atoms with Crippen LogP contribution in [-0.4, -0.2) is 23.4 Å². The van der Waals surface area contributed by atoms with Crippen LogP contribution in [-0.2, 0) is 9.59 Å². The fraction of sp³-hybridized carbons (Fsp3) is 0.333. The number of benzene rings is 3. The highest BCUT2D eigenvalue weighted by molar-refractivity contribution is 6.51. The molecule has 4 rings (SSSR count). The van der Waals surface area contributed by atoms with E-state index >= 15 is 0 Å². The van der Waals surface area contributed by atoms with Crippen molar-refractivity contribution in [2.75, 3.05) is 11.5 Å². The Morgan fingerprint density at radius 1 is 0.789 bits per heavy atom. The van der Waals surface area contributed by atoms with Crippen molar-refractivity contribution in [2.24, 2.45) is 5.92 Å². The molecular formula is C33H37NO4. The van der Waals surface area contributed by atoms with E-state index in [1.165, 1.54) is 4.90 Å². The number of rotatable bonds is 8. The zero-order valence-electron chi connectivity index (χ0n) is 23.1. The number of hydrogen-bond acceptors (Lipinski definition) is 4. The Morgan fingerprint density at radius 2 is 1.32 bits per heavy atom. The summed E-state index contributed by atoms with van der Waals surface area (Å²) in [5, 5.41) is 11.4. The molecule has 1 aliphatic rings. The van der Waals surface area contributed by atoms with Gasteiger partial charge in [0, 0.05) is 11.3 Å². The van der Waals surface area contributed by atoms with Gasteiger partial charge in [0.25, 0.3) is 11.7 Å². The van der Waals surface area contributed by atoms with Gasteiger partial charge in [-0.1, -0.05) is 77.9 Å². The van der Waals surface area contributed by atoms with Gasteiger partial charge in [-0.15, -0.1) is 0 Å². The van der Waals surface area contributed by atoms with Crippen LogP contribution in [0.15, 0.2) is 78.4 Å². The Morgan fingerprint density at radius 3 is 1.82 bits per heavy atom. The van der Waals surface area contributed by atoms with Gasteiger partial charge in [-0.05, 0) is 70.8 Å². The van der Waals surface area contributed by atoms with Crippen molar-refractivity contribution >= 4 is 23.1 Å². The van der Waals surface area contributed by atoms with E-state index in [2.05, 4.69) is 41.5 Å². The monoisotopic (exact) mass is 511 g/mol. The number of hydrogen-bond donors (Lipinski definition) is 1. The summed E-state index contributed by atoms with van der Waals surface area (Å²) in [4.78, 5) is 28.4. The predicted molar refractivity (Wildman–Crippen MR) is 153 cm³/mol. The maximum Gasteiger partial charge on any atom is 0.300 e. The lowest BCUT2D eigenvalue weighted by atomic mass is 9.93. The van der Waals surface area contributed by atoms with Crippen molar-refractivity contribution in [1.29, 1.82) is 0 Å². The number of aliphatic hydroxyl groups is 1. The first-order chi connectivity index (χ1) is 18.1. The first-order valence-corrected chi connectivity index (χ1v) is 13.3. The van der Waals surface area contributed by atoms with Crippen molar-refractivity contribution in [1.82, 2.24) is 0 Å². The molecule has 1 heterocycles. The lowest BCUT2D eigenvalue weighted by Crippen LogP contribution is -2.29. The number of carbonyl (C=O) groups is 2. The molecule has 1 N–H and O–H groups in total. The van der Waals surface area contributed by atoms with Crippen LogP contribution in [0.25, 0.3) is 5.76 Å². The summed E-state index contributed by atoms with van der Waals surface area (Å²) in [6.45, 7) is 13.2. The summed E-state index contributed by atoms with van der Waals surface area (Å²) < 4.78 is 5.76. The van der Waals surface area contributed by atoms with Crippen LogP contribution in [0.2, 0.25) is 0 Å². The summed E-state index contributed by atoms with van der Waals surface area (Å²) in [7, 11) is 0. The molecule has 1 atom stereocenters. The number of ether oxygens (including phenoxy) is 1. The molecule has 0 saturated carbocycles. The van der Waals surface area contributed by atoms with Gasteiger partial charge in [-0.2, -0.15) is 0 Å². The molecule has 1 unspecified atom stereocenters. The maximum absolute atomic E-state index is 13.4. The Hall–Kier alpha value is -3.86. The van der Waals surface area contributed by atoms with E-state index in [0.29, 0.717) is 41.4 Å². The molecule has 0 spiro atoms. The second-order valence-corrected chi connectivity index (χ2v) is 11.0. The van der Waals surface area contributed by atoms with Gasteiger partial charge in [-0.25, -0.2) is 0 Å². The van der Waals surface area contributed by atoms with E-state index in [4.69, 9.17) is 4.74 Å². The molecule has 0 aromatic heterocycles. The summed E-state index contributed by atoms with van der Waals surface area (Å²) in [5.41, 5.74) is 4.22. The Kier molecular flexibility index (Phi) is 8.05. The van der Waals surface area contributed by atoms with E-state index in [1.54, 1.807) is 24.3 Å². The molecular weight excluding hydrogens is 474 g/mol. The molecule has 198 valence electrons. The zero-order valence-corrected chi connectivity index (χ0v) is 23.1. The minimum atomic E-state index is -0.752. The standard InChI is InChI=1S/C33H37NO4/c1-20(2)19-38-28-17-13-26(14-18-28)31(35)29-30(25-9-7-23(8-10-25)21(3)4)34(33(37)32(29)36)27-15-11-24(12-16-27)22(5)6/h7-18,20-22,30,35H,19H2,1-6H3/b31-29-. The average Bonchev–Trinajstić information content (AvgIpc) is 3.17. The zero-order chi connectivity index (χ0) is 27.6. The molecule has 3 aromatic carbocycles. The normalized spacial score (nSPS) is 17.2. The van der Waals surface area contributed by atoms with Crippen molar-refractivity contribution < 1.29 is 19.4 Å². The predicted octanol–water partition coefficient (Wildman–Crippen LogP) is 7.59. The summed E-state index contributed by atoms with van der Waals surface area (Å²) >= 11 is 0. The van der Waals surface area contributed by atoms with Gasteiger partial charge in [0.1, 0.15) is 11.5 Å². The smallest absolute Gasteiger partial charge is 0.300 e. The van der Waals surface area contributed by atoms with Crippen LogP contribution in [0, 0.1) is 5.92 Å². The summed E-state index contributed by atoms with van der Waals surface area (Å²) in [6, 6.07) is 21.8. The molecule has 0 radical (unpaired) electrons. The van der Waals surface area contributed by atoms with Gasteiger partial charge in [0.2, 0.25) is 0 Å². The van der Waals surface area contributed by atoms with Crippen molar-refractivity contribution in [3.8, 4) is 5.75 Å². The third-order valence-corrected chi connectivity index (χ3v) is 6.91. The molecule has 0 bridgehead atoms. The number of Topliss-reactive ketones (excluding diaryl/α,β-unsaturated/α-hetero) is 1. The second kappa shape index (κ2) is 11.3. The van der Waals surface area contributed by atoms with Crippen molar-refractivity contribution in [2.45, 2.75) is 59.4 Å². The summed E-state index contributed by atoms with van der Waals surface area (Å²) in [5.74, 6) is 0.199. The molecule has 3 aromatic rings. The van der Waals surface area contributed by atoms with Crippen LogP contribution < -0.4 is 9.64 Å². The first kappa shape index (κ1) is 27.2. The lowest BCUT2D eigenvalue weighted by Gasteiger charge is -2.26. The van der Waals surface area contributed by atoms with E-state index in [-0.39, 0.29) is 11.3 Å². The van der Waals surface area contributed by atoms with Gasteiger partial charge in [0.15, 0.2) is 0 Å². The molecule has 5 heteroatoms. The third kappa shape index (κ3) is 5.52. The van der Waals surface area contributed by atoms with E-state index < -0.39 is 17.7 Å². The number of aliphatic hydroxyl groups excluding tert-OH is 1. The minimum absolute atomic E-state index is 0.0797. The minimum Gasteiger partial charge on any atom is -0.507 e. The Bertz CT molecular complexity index is 1320. The van der Waals surface area contributed by atoms with Gasteiger partial charge in [0.05, 0.1) is 18.2 Å². The fourth-order valence-corrected chi connectivity index (χ4v) is 4.62. The van der Waals surface area contributed by atoms with Crippen molar-refractivity contribution in [3.63, 3.8) is 0 Å². The molecule has 1 amide bonds. The van der Waals surface area contributed by atoms with Crippen molar-refractivity contribution in [3.05, 3.63) is 101 Å². The molecule has 0 aliphatic carbocycles. The van der Waals surface area contributed by atoms with Gasteiger partial charge in [-0.3, -0.25) is 14.5 Å². The Labute approximate surface area is 225 Å². The van der Waals surface area contributed by atoms with Gasteiger partial charge < -0.3 is 9.84 Å². The number of ketones is 1. The SMILES string of the molecule is CC(C)COc1ccc(/C(O)=C2/C(=O)C(=O)N(c3ccc(C(C)C)cc3)C2c2ccc(C(C)C)cc2)cc1. The Balaban J connectivity index is 1.81. The highest BCUT2D eigenvalue weighted by Gasteiger charge is 2.47. The topological polar surface area (TPSA) is 66.8 Å². The number of amides is 1. The van der Waals surface area contributed by atoms with Crippen LogP contribution in [0.1, 0.15) is 81.7 Å². The number of nitrogens with zero attached hydrogens (tertiary/aromatic N) is 1. The molecule has 1 fully saturated rings. The molecule has 38 heavy (non-hydrogen) atoms. The van der Waals surface area contributed by atoms with Crippen LogP contribution in [0.5, 0.6) is 5.75 Å². The molecule has 1 aliphatic heterocycles. The lowest BCUT2D eigenvalue weighted by molar-refractivity contribution is -0.132. The number of carbonyl (C=O) groups excluding carboxylic acids is 2. The van der Waals surface area contributed by atoms with E-state index in [0.717, 1.165) is 16.7 Å². The van der Waals surface area contributed by atoms with Crippen LogP contribution in [0.4, 0.5) is 5.69 Å². The average molecular weight is 512 g/mol.